The van der Waals surface area contributed by atoms with Crippen LogP contribution in [-0.2, 0) is 6.18 Å². The first kappa shape index (κ1) is 16.3. The highest BCUT2D eigenvalue weighted by Crippen LogP contribution is 2.31. The number of rotatable bonds is 3. The lowest BCUT2D eigenvalue weighted by Crippen LogP contribution is -2.13. The fraction of sp³-hybridized carbons (Fsp3) is 0.0714. The van der Waals surface area contributed by atoms with Crippen LogP contribution in [0.15, 0.2) is 42.5 Å². The van der Waals surface area contributed by atoms with Gasteiger partial charge in [0.2, 0.25) is 5.75 Å². The molecule has 120 valence electrons. The molecule has 0 aliphatic heterocycles. The van der Waals surface area contributed by atoms with E-state index in [9.17, 15) is 33.2 Å². The van der Waals surface area contributed by atoms with Crippen molar-refractivity contribution < 1.29 is 28.0 Å². The molecule has 0 heterocycles. The molecule has 1 amide bonds. The van der Waals surface area contributed by atoms with E-state index in [0.29, 0.717) is 0 Å². The number of hydrogen-bond acceptors (Lipinski definition) is 4. The maximum atomic E-state index is 12.4. The van der Waals surface area contributed by atoms with Crippen molar-refractivity contribution in [3.63, 3.8) is 0 Å². The van der Waals surface area contributed by atoms with Crippen LogP contribution in [0.2, 0.25) is 0 Å². The molecule has 0 aliphatic rings. The van der Waals surface area contributed by atoms with E-state index in [1.165, 1.54) is 6.07 Å². The van der Waals surface area contributed by atoms with Gasteiger partial charge in [0.1, 0.15) is 0 Å². The van der Waals surface area contributed by atoms with E-state index in [1.807, 2.05) is 0 Å². The maximum Gasteiger partial charge on any atom is 0.416 e. The van der Waals surface area contributed by atoms with E-state index in [0.717, 1.165) is 36.4 Å². The van der Waals surface area contributed by atoms with Gasteiger partial charge in [-0.15, -0.1) is 0 Å². The number of nitro benzene ring substituents is 1. The van der Waals surface area contributed by atoms with Crippen LogP contribution < -0.4 is 5.32 Å². The Morgan fingerprint density at radius 1 is 1.13 bits per heavy atom. The third kappa shape index (κ3) is 3.57. The van der Waals surface area contributed by atoms with Crippen molar-refractivity contribution in [3.8, 4) is 5.75 Å². The van der Waals surface area contributed by atoms with Crippen molar-refractivity contribution in [1.82, 2.24) is 0 Å². The van der Waals surface area contributed by atoms with Crippen molar-refractivity contribution in [3.05, 3.63) is 63.7 Å². The summed E-state index contributed by atoms with van der Waals surface area (Å²) in [7, 11) is 0. The molecular weight excluding hydrogens is 317 g/mol. The minimum Gasteiger partial charge on any atom is -0.502 e. The predicted octanol–water partition coefficient (Wildman–Crippen LogP) is 3.57. The van der Waals surface area contributed by atoms with Gasteiger partial charge in [-0.25, -0.2) is 0 Å². The minimum atomic E-state index is -4.50. The van der Waals surface area contributed by atoms with Crippen molar-refractivity contribution in [1.29, 1.82) is 0 Å². The second-order valence-corrected chi connectivity index (χ2v) is 4.46. The number of nitrogens with zero attached hydrogens (tertiary/aromatic N) is 1. The monoisotopic (exact) mass is 326 g/mol. The van der Waals surface area contributed by atoms with Gasteiger partial charge in [0, 0.05) is 11.8 Å². The number of carbonyl (C=O) groups excluding carboxylic acids is 1. The number of phenolic OH excluding ortho intramolecular Hbond substituents is 1. The van der Waals surface area contributed by atoms with E-state index >= 15 is 0 Å². The first-order chi connectivity index (χ1) is 10.7. The van der Waals surface area contributed by atoms with Gasteiger partial charge in [-0.3, -0.25) is 14.9 Å². The van der Waals surface area contributed by atoms with Crippen LogP contribution in [0.4, 0.5) is 24.5 Å². The summed E-state index contributed by atoms with van der Waals surface area (Å²) in [4.78, 5) is 21.8. The van der Waals surface area contributed by atoms with E-state index < -0.39 is 34.0 Å². The van der Waals surface area contributed by atoms with Gasteiger partial charge in [0.15, 0.2) is 0 Å². The Labute approximate surface area is 127 Å². The standard InChI is InChI=1S/C14H9F3N2O4/c15-14(16,17)8-4-6-9(7-5-8)18-13(21)10-2-1-3-11(12(10)20)19(22)23/h1-7,20H,(H,18,21). The van der Waals surface area contributed by atoms with Crippen molar-refractivity contribution >= 4 is 17.3 Å². The second-order valence-electron chi connectivity index (χ2n) is 4.46. The quantitative estimate of drug-likeness (QED) is 0.666. The molecule has 2 N–H and O–H groups in total. The topological polar surface area (TPSA) is 92.5 Å². The third-order valence-electron chi connectivity index (χ3n) is 2.93. The zero-order valence-electron chi connectivity index (χ0n) is 11.3. The summed E-state index contributed by atoms with van der Waals surface area (Å²) in [5.74, 6) is -1.70. The van der Waals surface area contributed by atoms with Crippen LogP contribution in [0.1, 0.15) is 15.9 Å². The molecule has 0 aliphatic carbocycles. The molecule has 2 rings (SSSR count). The lowest BCUT2D eigenvalue weighted by molar-refractivity contribution is -0.385. The maximum absolute atomic E-state index is 12.4. The Balaban J connectivity index is 2.23. The molecular formula is C14H9F3N2O4. The first-order valence-electron chi connectivity index (χ1n) is 6.15. The summed E-state index contributed by atoms with van der Waals surface area (Å²) in [5.41, 5.74) is -1.84. The van der Waals surface area contributed by atoms with Gasteiger partial charge >= 0.3 is 11.9 Å². The largest absolute Gasteiger partial charge is 0.502 e. The predicted molar refractivity (Wildman–Crippen MR) is 74.2 cm³/mol. The zero-order valence-corrected chi connectivity index (χ0v) is 11.3. The normalized spacial score (nSPS) is 11.1. The van der Waals surface area contributed by atoms with Crippen LogP contribution in [0.3, 0.4) is 0 Å². The molecule has 2 aromatic carbocycles. The minimum absolute atomic E-state index is 0.0499. The van der Waals surface area contributed by atoms with Crippen LogP contribution in [-0.4, -0.2) is 15.9 Å². The number of amides is 1. The van der Waals surface area contributed by atoms with E-state index in [-0.39, 0.29) is 11.3 Å². The van der Waals surface area contributed by atoms with Crippen molar-refractivity contribution in [2.75, 3.05) is 5.32 Å². The van der Waals surface area contributed by atoms with Gasteiger partial charge in [-0.2, -0.15) is 13.2 Å². The number of phenols is 1. The zero-order chi connectivity index (χ0) is 17.2. The summed E-state index contributed by atoms with van der Waals surface area (Å²) in [6.07, 6.45) is -4.50. The van der Waals surface area contributed by atoms with E-state index in [1.54, 1.807) is 0 Å². The molecule has 0 atom stereocenters. The SMILES string of the molecule is O=C(Nc1ccc(C(F)(F)F)cc1)c1cccc([N+](=O)[O-])c1O. The second kappa shape index (κ2) is 5.95. The number of halogens is 3. The Hall–Kier alpha value is -3.10. The van der Waals surface area contributed by atoms with Gasteiger partial charge in [-0.05, 0) is 30.3 Å². The highest BCUT2D eigenvalue weighted by atomic mass is 19.4. The van der Waals surface area contributed by atoms with Crippen LogP contribution in [0.5, 0.6) is 5.75 Å². The number of nitrogens with one attached hydrogen (secondary N) is 1. The Morgan fingerprint density at radius 2 is 1.74 bits per heavy atom. The van der Waals surface area contributed by atoms with Crippen molar-refractivity contribution in [2.24, 2.45) is 0 Å². The van der Waals surface area contributed by atoms with Gasteiger partial charge in [0.05, 0.1) is 16.1 Å². The third-order valence-corrected chi connectivity index (χ3v) is 2.93. The fourth-order valence-corrected chi connectivity index (χ4v) is 1.80. The number of benzene rings is 2. The summed E-state index contributed by atoms with van der Waals surface area (Å²) in [6.45, 7) is 0. The smallest absolute Gasteiger partial charge is 0.416 e. The molecule has 0 spiro atoms. The van der Waals surface area contributed by atoms with Gasteiger partial charge in [0.25, 0.3) is 5.91 Å². The molecule has 2 aromatic rings. The summed E-state index contributed by atoms with van der Waals surface area (Å²) in [5, 5.41) is 22.7. The molecule has 0 aromatic heterocycles. The number of nitro groups is 1. The van der Waals surface area contributed by atoms with Crippen LogP contribution in [0.25, 0.3) is 0 Å². The number of hydrogen-bond donors (Lipinski definition) is 2. The Morgan fingerprint density at radius 3 is 2.26 bits per heavy atom. The fourth-order valence-electron chi connectivity index (χ4n) is 1.80. The number of alkyl halides is 3. The Kier molecular flexibility index (Phi) is 4.21. The summed E-state index contributed by atoms with van der Waals surface area (Å²) < 4.78 is 37.3. The molecule has 0 unspecified atom stereocenters. The lowest BCUT2D eigenvalue weighted by atomic mass is 10.1. The average Bonchev–Trinajstić information content (AvgIpc) is 2.46. The molecule has 23 heavy (non-hydrogen) atoms. The molecule has 9 heteroatoms. The van der Waals surface area contributed by atoms with Gasteiger partial charge < -0.3 is 10.4 Å². The van der Waals surface area contributed by atoms with Gasteiger partial charge in [-0.1, -0.05) is 6.07 Å². The average molecular weight is 326 g/mol. The molecule has 0 saturated heterocycles. The van der Waals surface area contributed by atoms with E-state index in [4.69, 9.17) is 0 Å². The number of carbonyl (C=O) groups is 1. The van der Waals surface area contributed by atoms with Crippen LogP contribution in [0, 0.1) is 10.1 Å². The molecule has 6 nitrogen and oxygen atoms in total. The highest BCUT2D eigenvalue weighted by molar-refractivity contribution is 6.06. The summed E-state index contributed by atoms with van der Waals surface area (Å²) >= 11 is 0. The molecule has 0 fully saturated rings. The molecule has 0 radical (unpaired) electrons. The number of aromatic hydroxyl groups is 1. The van der Waals surface area contributed by atoms with E-state index in [2.05, 4.69) is 5.32 Å². The highest BCUT2D eigenvalue weighted by Gasteiger charge is 2.30. The Bertz CT molecular complexity index is 758. The number of para-hydroxylation sites is 1. The number of anilines is 1. The van der Waals surface area contributed by atoms with Crippen LogP contribution >= 0.6 is 0 Å². The lowest BCUT2D eigenvalue weighted by Gasteiger charge is -2.09. The first-order valence-corrected chi connectivity index (χ1v) is 6.15. The van der Waals surface area contributed by atoms with Crippen molar-refractivity contribution in [2.45, 2.75) is 6.18 Å². The molecule has 0 bridgehead atoms. The summed E-state index contributed by atoms with van der Waals surface area (Å²) in [6, 6.07) is 7.02. The molecule has 0 saturated carbocycles.